The zero-order chi connectivity index (χ0) is 9.47. The highest BCUT2D eigenvalue weighted by molar-refractivity contribution is 5.35. The minimum Gasteiger partial charge on any atom is -0.488 e. The number of pyridine rings is 1. The summed E-state index contributed by atoms with van der Waals surface area (Å²) in [5.41, 5.74) is 6.39. The standard InChI is InChI=1S/C9H12N2O/c1-6-7(5-10)9-8(12-6)3-2-4-11-9/h2-4,6-7H,5,10H2,1H3/t6-,7+/m1/s1/i6D. The lowest BCUT2D eigenvalue weighted by Gasteiger charge is -2.10. The summed E-state index contributed by atoms with van der Waals surface area (Å²) in [7, 11) is 0. The second-order valence-corrected chi connectivity index (χ2v) is 2.89. The van der Waals surface area contributed by atoms with Crippen molar-refractivity contribution < 1.29 is 6.11 Å². The fourth-order valence-electron chi connectivity index (χ4n) is 1.47. The minimum absolute atomic E-state index is 0.122. The quantitative estimate of drug-likeness (QED) is 0.672. The number of aromatic nitrogens is 1. The molecule has 0 fully saturated rings. The predicted octanol–water partition coefficient (Wildman–Crippen LogP) is 0.905. The lowest BCUT2D eigenvalue weighted by Crippen LogP contribution is -2.22. The molecule has 1 aromatic rings. The normalized spacial score (nSPS) is 33.8. The number of hydrogen-bond donors (Lipinski definition) is 1. The fraction of sp³-hybridized carbons (Fsp3) is 0.444. The van der Waals surface area contributed by atoms with E-state index >= 15 is 0 Å². The van der Waals surface area contributed by atoms with Crippen molar-refractivity contribution in [1.82, 2.24) is 4.98 Å². The van der Waals surface area contributed by atoms with Crippen molar-refractivity contribution in [2.45, 2.75) is 18.9 Å². The first kappa shape index (κ1) is 6.43. The molecule has 1 aromatic heterocycles. The summed E-state index contributed by atoms with van der Waals surface area (Å²) in [5.74, 6) is 0.569. The third kappa shape index (κ3) is 0.975. The Morgan fingerprint density at radius 3 is 3.42 bits per heavy atom. The molecule has 64 valence electrons. The molecule has 2 rings (SSSR count). The minimum atomic E-state index is -0.967. The largest absolute Gasteiger partial charge is 0.488 e. The zero-order valence-electron chi connectivity index (χ0n) is 7.95. The molecule has 0 saturated heterocycles. The Labute approximate surface area is 73.0 Å². The highest BCUT2D eigenvalue weighted by Gasteiger charge is 2.30. The average Bonchev–Trinajstić information content (AvgIpc) is 2.33. The smallest absolute Gasteiger partial charge is 0.141 e. The number of nitrogens with zero attached hydrogens (tertiary/aromatic N) is 1. The summed E-state index contributed by atoms with van der Waals surface area (Å²) in [6.07, 6.45) is 0.734. The maximum Gasteiger partial charge on any atom is 0.141 e. The van der Waals surface area contributed by atoms with Crippen LogP contribution in [-0.4, -0.2) is 17.6 Å². The van der Waals surface area contributed by atoms with Gasteiger partial charge >= 0.3 is 0 Å². The van der Waals surface area contributed by atoms with Crippen LogP contribution in [0, 0.1) is 0 Å². The monoisotopic (exact) mass is 165 g/mol. The summed E-state index contributed by atoms with van der Waals surface area (Å²) in [6.45, 7) is 2.11. The molecule has 0 aromatic carbocycles. The zero-order valence-corrected chi connectivity index (χ0v) is 6.95. The van der Waals surface area contributed by atoms with Gasteiger partial charge in [-0.15, -0.1) is 0 Å². The molecule has 0 unspecified atom stereocenters. The van der Waals surface area contributed by atoms with E-state index in [1.165, 1.54) is 0 Å². The summed E-state index contributed by atoms with van der Waals surface area (Å²) in [4.78, 5) is 4.18. The molecular formula is C9H12N2O. The van der Waals surface area contributed by atoms with E-state index in [9.17, 15) is 0 Å². The topological polar surface area (TPSA) is 48.1 Å². The van der Waals surface area contributed by atoms with Crippen LogP contribution in [0.3, 0.4) is 0 Å². The lowest BCUT2D eigenvalue weighted by atomic mass is 10.0. The van der Waals surface area contributed by atoms with Gasteiger partial charge in [0.1, 0.15) is 11.8 Å². The second-order valence-electron chi connectivity index (χ2n) is 2.89. The van der Waals surface area contributed by atoms with Crippen LogP contribution in [0.5, 0.6) is 5.75 Å². The first-order valence-electron chi connectivity index (χ1n) is 4.49. The Morgan fingerprint density at radius 2 is 2.67 bits per heavy atom. The van der Waals surface area contributed by atoms with Crippen LogP contribution >= 0.6 is 0 Å². The highest BCUT2D eigenvalue weighted by atomic mass is 16.5. The van der Waals surface area contributed by atoms with Gasteiger partial charge in [0, 0.05) is 12.7 Å². The van der Waals surface area contributed by atoms with Crippen LogP contribution in [-0.2, 0) is 0 Å². The van der Waals surface area contributed by atoms with Gasteiger partial charge in [-0.25, -0.2) is 0 Å². The Kier molecular flexibility index (Phi) is 1.47. The van der Waals surface area contributed by atoms with Crippen LogP contribution in [0.4, 0.5) is 0 Å². The Bertz CT molecular complexity index is 327. The molecule has 3 heteroatoms. The molecule has 0 amide bonds. The van der Waals surface area contributed by atoms with Gasteiger partial charge in [0.25, 0.3) is 0 Å². The van der Waals surface area contributed by atoms with Gasteiger partial charge in [-0.3, -0.25) is 4.98 Å². The van der Waals surface area contributed by atoms with E-state index in [1.54, 1.807) is 19.2 Å². The van der Waals surface area contributed by atoms with Gasteiger partial charge in [0.05, 0.1) is 13.0 Å². The molecule has 0 aliphatic carbocycles. The van der Waals surface area contributed by atoms with E-state index in [-0.39, 0.29) is 5.92 Å². The van der Waals surface area contributed by atoms with E-state index in [0.29, 0.717) is 12.3 Å². The van der Waals surface area contributed by atoms with Crippen molar-refractivity contribution >= 4 is 0 Å². The number of ether oxygens (including phenoxy) is 1. The van der Waals surface area contributed by atoms with E-state index < -0.39 is 6.08 Å². The average molecular weight is 165 g/mol. The summed E-state index contributed by atoms with van der Waals surface area (Å²) in [6, 6.07) is 3.62. The number of rotatable bonds is 1. The van der Waals surface area contributed by atoms with Crippen molar-refractivity contribution in [1.29, 1.82) is 0 Å². The Morgan fingerprint density at radius 1 is 1.83 bits per heavy atom. The number of fused-ring (bicyclic) bond motifs is 1. The molecule has 1 aliphatic rings. The Balaban J connectivity index is 2.46. The maximum atomic E-state index is 7.89. The van der Waals surface area contributed by atoms with Gasteiger partial charge in [0.2, 0.25) is 0 Å². The van der Waals surface area contributed by atoms with E-state index in [4.69, 9.17) is 11.8 Å². The van der Waals surface area contributed by atoms with Crippen LogP contribution in [0.25, 0.3) is 0 Å². The van der Waals surface area contributed by atoms with Crippen LogP contribution in [0.15, 0.2) is 18.3 Å². The van der Waals surface area contributed by atoms with Crippen LogP contribution in [0.2, 0.25) is 0 Å². The van der Waals surface area contributed by atoms with Gasteiger partial charge in [-0.1, -0.05) is 0 Å². The summed E-state index contributed by atoms with van der Waals surface area (Å²) < 4.78 is 13.3. The summed E-state index contributed by atoms with van der Waals surface area (Å²) >= 11 is 0. The third-order valence-electron chi connectivity index (χ3n) is 2.13. The van der Waals surface area contributed by atoms with Crippen molar-refractivity contribution in [2.24, 2.45) is 5.73 Å². The summed E-state index contributed by atoms with van der Waals surface area (Å²) in [5, 5.41) is 0. The third-order valence-corrected chi connectivity index (χ3v) is 2.13. The maximum absolute atomic E-state index is 7.89. The molecule has 1 aliphatic heterocycles. The first-order chi connectivity index (χ1) is 6.15. The number of nitrogens with two attached hydrogens (primary N) is 1. The van der Waals surface area contributed by atoms with Gasteiger partial charge in [-0.05, 0) is 19.1 Å². The Hall–Kier alpha value is -1.09. The van der Waals surface area contributed by atoms with Crippen molar-refractivity contribution in [3.63, 3.8) is 0 Å². The second kappa shape index (κ2) is 2.75. The molecule has 0 saturated carbocycles. The molecule has 12 heavy (non-hydrogen) atoms. The molecule has 0 bridgehead atoms. The molecular weight excluding hydrogens is 152 g/mol. The highest BCUT2D eigenvalue weighted by Crippen LogP contribution is 2.35. The van der Waals surface area contributed by atoms with Gasteiger partial charge < -0.3 is 10.5 Å². The molecule has 2 N–H and O–H groups in total. The van der Waals surface area contributed by atoms with E-state index in [1.807, 2.05) is 6.07 Å². The molecule has 0 spiro atoms. The lowest BCUT2D eigenvalue weighted by molar-refractivity contribution is 0.228. The van der Waals surface area contributed by atoms with Crippen molar-refractivity contribution in [3.05, 3.63) is 24.0 Å². The van der Waals surface area contributed by atoms with Crippen LogP contribution < -0.4 is 10.5 Å². The fourth-order valence-corrected chi connectivity index (χ4v) is 1.47. The SMILES string of the molecule is [2H][C@]1(C)Oc2cccnc2[C@H]1CN. The van der Waals surface area contributed by atoms with E-state index in [2.05, 4.69) is 4.98 Å². The van der Waals surface area contributed by atoms with Crippen molar-refractivity contribution in [2.75, 3.05) is 6.54 Å². The van der Waals surface area contributed by atoms with Crippen LogP contribution in [0.1, 0.15) is 19.9 Å². The molecule has 2 atom stereocenters. The van der Waals surface area contributed by atoms with Crippen molar-refractivity contribution in [3.8, 4) is 5.75 Å². The van der Waals surface area contributed by atoms with E-state index in [0.717, 1.165) is 5.69 Å². The predicted molar refractivity (Wildman–Crippen MR) is 46.1 cm³/mol. The van der Waals surface area contributed by atoms with Gasteiger partial charge in [0.15, 0.2) is 0 Å². The molecule has 3 nitrogen and oxygen atoms in total. The first-order valence-corrected chi connectivity index (χ1v) is 3.99. The molecule has 2 heterocycles. The molecule has 0 radical (unpaired) electrons. The number of hydrogen-bond acceptors (Lipinski definition) is 3. The van der Waals surface area contributed by atoms with Gasteiger partial charge in [-0.2, -0.15) is 0 Å².